The number of pyridine rings is 1. The fraction of sp³-hybridized carbons (Fsp3) is 0.120. The molecular weight excluding hydrogens is 386 g/mol. The molecule has 1 unspecified atom stereocenters. The molecule has 0 aliphatic heterocycles. The van der Waals surface area contributed by atoms with Crippen molar-refractivity contribution in [1.82, 2.24) is 14.9 Å². The highest BCUT2D eigenvalue weighted by Gasteiger charge is 2.15. The van der Waals surface area contributed by atoms with Crippen molar-refractivity contribution >= 4 is 17.4 Å². The topological polar surface area (TPSA) is 85.0 Å². The minimum absolute atomic E-state index is 0.162. The molecule has 0 bridgehead atoms. The van der Waals surface area contributed by atoms with Gasteiger partial charge in [-0.3, -0.25) is 4.79 Å². The summed E-state index contributed by atoms with van der Waals surface area (Å²) in [5, 5.41) is 6.32. The van der Waals surface area contributed by atoms with E-state index in [2.05, 4.69) is 22.5 Å². The highest BCUT2D eigenvalue weighted by atomic mass is 16.1. The van der Waals surface area contributed by atoms with Gasteiger partial charge in [0.25, 0.3) is 5.91 Å². The van der Waals surface area contributed by atoms with E-state index in [0.29, 0.717) is 12.1 Å². The number of aryl methyl sites for hydroxylation is 1. The molecule has 31 heavy (non-hydrogen) atoms. The van der Waals surface area contributed by atoms with Crippen molar-refractivity contribution in [2.45, 2.75) is 13.0 Å². The first kappa shape index (κ1) is 20.4. The zero-order chi connectivity index (χ0) is 21.6. The number of carbonyl (C=O) groups excluding carboxylic acids is 1. The van der Waals surface area contributed by atoms with Crippen LogP contribution in [0.5, 0.6) is 0 Å². The summed E-state index contributed by atoms with van der Waals surface area (Å²) in [7, 11) is 0. The minimum atomic E-state index is -0.233. The summed E-state index contributed by atoms with van der Waals surface area (Å²) in [4.78, 5) is 17.2. The van der Waals surface area contributed by atoms with Crippen molar-refractivity contribution in [2.24, 2.45) is 5.73 Å². The number of rotatable bonds is 7. The normalized spacial score (nSPS) is 11.7. The molecule has 156 valence electrons. The summed E-state index contributed by atoms with van der Waals surface area (Å²) in [6.07, 6.45) is 5.41. The monoisotopic (exact) mass is 411 g/mol. The van der Waals surface area contributed by atoms with Crippen molar-refractivity contribution < 1.29 is 4.79 Å². The standard InChI is InChI=1S/C25H25N5O/c1-18-7-9-21(10-8-18)28-24-15-22(11-13-27-24)30-14-12-20(17-30)25(31)29-23(16-26)19-5-3-2-4-6-19/h2-15,17,23H,16,26H2,1H3,(H,27,28)(H,29,31). The maximum atomic E-state index is 12.8. The lowest BCUT2D eigenvalue weighted by molar-refractivity contribution is 0.0938. The van der Waals surface area contributed by atoms with Gasteiger partial charge >= 0.3 is 0 Å². The largest absolute Gasteiger partial charge is 0.344 e. The number of carbonyl (C=O) groups is 1. The molecule has 4 rings (SSSR count). The first-order chi connectivity index (χ1) is 15.1. The van der Waals surface area contributed by atoms with E-state index in [-0.39, 0.29) is 11.9 Å². The molecule has 0 fully saturated rings. The van der Waals surface area contributed by atoms with E-state index in [1.165, 1.54) is 5.56 Å². The quantitative estimate of drug-likeness (QED) is 0.422. The summed E-state index contributed by atoms with van der Waals surface area (Å²) in [5.41, 5.74) is 10.5. The van der Waals surface area contributed by atoms with Crippen LogP contribution >= 0.6 is 0 Å². The zero-order valence-electron chi connectivity index (χ0n) is 17.3. The Morgan fingerprint density at radius 2 is 1.84 bits per heavy atom. The second-order valence-corrected chi connectivity index (χ2v) is 7.37. The summed E-state index contributed by atoms with van der Waals surface area (Å²) in [5.74, 6) is 0.568. The van der Waals surface area contributed by atoms with Crippen LogP contribution in [-0.2, 0) is 0 Å². The zero-order valence-corrected chi connectivity index (χ0v) is 17.3. The Kier molecular flexibility index (Phi) is 6.10. The molecule has 0 radical (unpaired) electrons. The van der Waals surface area contributed by atoms with Crippen LogP contribution in [0.3, 0.4) is 0 Å². The van der Waals surface area contributed by atoms with Crippen molar-refractivity contribution in [3.63, 3.8) is 0 Å². The van der Waals surface area contributed by atoms with Crippen LogP contribution in [0, 0.1) is 6.92 Å². The molecule has 2 aromatic heterocycles. The Bertz CT molecular complexity index is 1150. The number of amides is 1. The average Bonchev–Trinajstić information content (AvgIpc) is 3.30. The molecule has 6 heteroatoms. The molecular formula is C25H25N5O. The van der Waals surface area contributed by atoms with Gasteiger partial charge in [0.15, 0.2) is 0 Å². The van der Waals surface area contributed by atoms with E-state index in [4.69, 9.17) is 5.73 Å². The number of hydrogen-bond acceptors (Lipinski definition) is 4. The van der Waals surface area contributed by atoms with Crippen molar-refractivity contribution in [3.8, 4) is 5.69 Å². The highest BCUT2D eigenvalue weighted by Crippen LogP contribution is 2.19. The lowest BCUT2D eigenvalue weighted by atomic mass is 10.1. The fourth-order valence-corrected chi connectivity index (χ4v) is 3.33. The number of aromatic nitrogens is 2. The fourth-order valence-electron chi connectivity index (χ4n) is 3.33. The number of nitrogens with one attached hydrogen (secondary N) is 2. The summed E-state index contributed by atoms with van der Waals surface area (Å²) < 4.78 is 1.90. The molecule has 0 aliphatic carbocycles. The van der Waals surface area contributed by atoms with Crippen LogP contribution in [0.2, 0.25) is 0 Å². The van der Waals surface area contributed by atoms with Gasteiger partial charge in [0, 0.05) is 36.9 Å². The van der Waals surface area contributed by atoms with Gasteiger partial charge in [0.1, 0.15) is 5.82 Å². The molecule has 4 aromatic rings. The van der Waals surface area contributed by atoms with Crippen LogP contribution in [0.1, 0.15) is 27.5 Å². The van der Waals surface area contributed by atoms with E-state index < -0.39 is 0 Å². The SMILES string of the molecule is Cc1ccc(Nc2cc(-n3ccc(C(=O)NC(CN)c4ccccc4)c3)ccn2)cc1. The maximum absolute atomic E-state index is 12.8. The summed E-state index contributed by atoms with van der Waals surface area (Å²) in [6, 6.07) is 23.3. The lowest BCUT2D eigenvalue weighted by Gasteiger charge is -2.16. The molecule has 2 heterocycles. The van der Waals surface area contributed by atoms with Crippen molar-refractivity contribution in [2.75, 3.05) is 11.9 Å². The molecule has 0 spiro atoms. The molecule has 0 saturated carbocycles. The molecule has 1 atom stereocenters. The number of anilines is 2. The second kappa shape index (κ2) is 9.28. The van der Waals surface area contributed by atoms with Gasteiger partial charge in [-0.2, -0.15) is 0 Å². The average molecular weight is 412 g/mol. The van der Waals surface area contributed by atoms with Crippen LogP contribution in [0.25, 0.3) is 5.69 Å². The minimum Gasteiger partial charge on any atom is -0.344 e. The predicted molar refractivity (Wildman–Crippen MR) is 124 cm³/mol. The van der Waals surface area contributed by atoms with Gasteiger partial charge in [0.05, 0.1) is 17.3 Å². The Balaban J connectivity index is 1.48. The third-order valence-corrected chi connectivity index (χ3v) is 5.06. The summed E-state index contributed by atoms with van der Waals surface area (Å²) in [6.45, 7) is 2.38. The third kappa shape index (κ3) is 4.99. The molecule has 0 aliphatic rings. The molecule has 6 nitrogen and oxygen atoms in total. The number of nitrogens with zero attached hydrogens (tertiary/aromatic N) is 2. The van der Waals surface area contributed by atoms with Crippen LogP contribution in [0.4, 0.5) is 11.5 Å². The van der Waals surface area contributed by atoms with Gasteiger partial charge < -0.3 is 20.9 Å². The van der Waals surface area contributed by atoms with E-state index in [1.807, 2.05) is 77.5 Å². The maximum Gasteiger partial charge on any atom is 0.253 e. The smallest absolute Gasteiger partial charge is 0.253 e. The van der Waals surface area contributed by atoms with Gasteiger partial charge in [-0.25, -0.2) is 4.98 Å². The van der Waals surface area contributed by atoms with E-state index >= 15 is 0 Å². The van der Waals surface area contributed by atoms with Gasteiger partial charge in [-0.05, 0) is 36.8 Å². The van der Waals surface area contributed by atoms with Gasteiger partial charge in [0.2, 0.25) is 0 Å². The number of nitrogens with two attached hydrogens (primary N) is 1. The van der Waals surface area contributed by atoms with E-state index in [0.717, 1.165) is 22.8 Å². The van der Waals surface area contributed by atoms with E-state index in [1.54, 1.807) is 18.5 Å². The van der Waals surface area contributed by atoms with Crippen LogP contribution in [-0.4, -0.2) is 22.0 Å². The lowest BCUT2D eigenvalue weighted by Crippen LogP contribution is -2.33. The van der Waals surface area contributed by atoms with Crippen molar-refractivity contribution in [1.29, 1.82) is 0 Å². The highest BCUT2D eigenvalue weighted by molar-refractivity contribution is 5.94. The predicted octanol–water partition coefficient (Wildman–Crippen LogP) is 4.35. The van der Waals surface area contributed by atoms with Gasteiger partial charge in [-0.15, -0.1) is 0 Å². The molecule has 1 amide bonds. The Morgan fingerprint density at radius 1 is 1.06 bits per heavy atom. The number of hydrogen-bond donors (Lipinski definition) is 3. The van der Waals surface area contributed by atoms with Gasteiger partial charge in [-0.1, -0.05) is 48.0 Å². The molecule has 0 saturated heterocycles. The Morgan fingerprint density at radius 3 is 2.58 bits per heavy atom. The van der Waals surface area contributed by atoms with Crippen LogP contribution in [0.15, 0.2) is 91.4 Å². The van der Waals surface area contributed by atoms with E-state index in [9.17, 15) is 4.79 Å². The second-order valence-electron chi connectivity index (χ2n) is 7.37. The Labute approximate surface area is 181 Å². The Hall–Kier alpha value is -3.90. The third-order valence-electron chi connectivity index (χ3n) is 5.06. The first-order valence-corrected chi connectivity index (χ1v) is 10.2. The first-order valence-electron chi connectivity index (χ1n) is 10.2. The molecule has 2 aromatic carbocycles. The summed E-state index contributed by atoms with van der Waals surface area (Å²) >= 11 is 0. The van der Waals surface area contributed by atoms with Crippen LogP contribution < -0.4 is 16.4 Å². The number of benzene rings is 2. The molecule has 4 N–H and O–H groups in total. The van der Waals surface area contributed by atoms with Crippen molar-refractivity contribution in [3.05, 3.63) is 108 Å².